The van der Waals surface area contributed by atoms with Crippen LogP contribution in [0.2, 0.25) is 0 Å². The number of ether oxygens (including phenoxy) is 1. The Morgan fingerprint density at radius 3 is 2.67 bits per heavy atom. The summed E-state index contributed by atoms with van der Waals surface area (Å²) in [6.07, 6.45) is 2.95. The lowest BCUT2D eigenvalue weighted by molar-refractivity contribution is -0.144. The summed E-state index contributed by atoms with van der Waals surface area (Å²) < 4.78 is 5.26. The average molecular weight is 204 g/mol. The fourth-order valence-electron chi connectivity index (χ4n) is 1.97. The van der Waals surface area contributed by atoms with E-state index in [1.165, 1.54) is 5.56 Å². The molecule has 0 amide bonds. The summed E-state index contributed by atoms with van der Waals surface area (Å²) in [5, 5.41) is 0. The second-order valence-corrected chi connectivity index (χ2v) is 4.22. The number of hydrogen-bond acceptors (Lipinski definition) is 2. The van der Waals surface area contributed by atoms with Crippen molar-refractivity contribution in [1.82, 2.24) is 0 Å². The maximum Gasteiger partial charge on any atom is 0.309 e. The Morgan fingerprint density at radius 2 is 2.07 bits per heavy atom. The number of carbonyl (C=O) groups excluding carboxylic acids is 1. The smallest absolute Gasteiger partial charge is 0.309 e. The van der Waals surface area contributed by atoms with E-state index in [1.54, 1.807) is 0 Å². The Morgan fingerprint density at radius 1 is 1.33 bits per heavy atom. The van der Waals surface area contributed by atoms with Crippen molar-refractivity contribution in [3.05, 3.63) is 35.9 Å². The highest BCUT2D eigenvalue weighted by Gasteiger charge is 2.30. The molecule has 15 heavy (non-hydrogen) atoms. The number of hydrogen-bond donors (Lipinski definition) is 0. The second kappa shape index (κ2) is 4.47. The van der Waals surface area contributed by atoms with Crippen LogP contribution in [-0.4, -0.2) is 12.1 Å². The zero-order valence-corrected chi connectivity index (χ0v) is 8.98. The summed E-state index contributed by atoms with van der Waals surface area (Å²) in [6, 6.07) is 10.3. The molecule has 0 radical (unpaired) electrons. The van der Waals surface area contributed by atoms with Crippen LogP contribution in [0.5, 0.6) is 0 Å². The van der Waals surface area contributed by atoms with Crippen molar-refractivity contribution < 1.29 is 9.53 Å². The molecule has 2 nitrogen and oxygen atoms in total. The molecule has 1 aromatic carbocycles. The fraction of sp³-hybridized carbons (Fsp3) is 0.462. The average Bonchev–Trinajstić information content (AvgIpc) is 2.57. The lowest BCUT2D eigenvalue weighted by Gasteiger charge is -2.08. The molecule has 80 valence electrons. The van der Waals surface area contributed by atoms with Gasteiger partial charge in [0.2, 0.25) is 0 Å². The van der Waals surface area contributed by atoms with E-state index in [0.717, 1.165) is 19.3 Å². The molecular formula is C13H16O2. The molecule has 1 aliphatic heterocycles. The number of aryl methyl sites for hydroxylation is 1. The maximum absolute atomic E-state index is 11.2. The highest BCUT2D eigenvalue weighted by Crippen LogP contribution is 2.23. The summed E-state index contributed by atoms with van der Waals surface area (Å²) in [5.74, 6) is 0.0545. The number of cyclic esters (lactones) is 1. The summed E-state index contributed by atoms with van der Waals surface area (Å²) in [6.45, 7) is 1.94. The molecule has 2 rings (SSSR count). The van der Waals surface area contributed by atoms with Crippen LogP contribution >= 0.6 is 0 Å². The van der Waals surface area contributed by atoms with Gasteiger partial charge in [-0.15, -0.1) is 0 Å². The van der Waals surface area contributed by atoms with Gasteiger partial charge in [0.1, 0.15) is 6.10 Å². The van der Waals surface area contributed by atoms with Crippen molar-refractivity contribution in [2.45, 2.75) is 32.3 Å². The Hall–Kier alpha value is -1.31. The molecule has 1 fully saturated rings. The third kappa shape index (κ3) is 2.58. The van der Waals surface area contributed by atoms with Gasteiger partial charge in [0.15, 0.2) is 0 Å². The van der Waals surface area contributed by atoms with Gasteiger partial charge in [0, 0.05) is 0 Å². The van der Waals surface area contributed by atoms with Crippen LogP contribution in [0.25, 0.3) is 0 Å². The predicted octanol–water partition coefficient (Wildman–Crippen LogP) is 2.57. The maximum atomic E-state index is 11.2. The molecule has 0 bridgehead atoms. The van der Waals surface area contributed by atoms with Crippen molar-refractivity contribution in [2.24, 2.45) is 5.92 Å². The minimum Gasteiger partial charge on any atom is -0.462 e. The van der Waals surface area contributed by atoms with E-state index in [-0.39, 0.29) is 18.0 Å². The topological polar surface area (TPSA) is 26.3 Å². The van der Waals surface area contributed by atoms with E-state index in [9.17, 15) is 4.79 Å². The number of benzene rings is 1. The van der Waals surface area contributed by atoms with Gasteiger partial charge in [-0.05, 0) is 24.8 Å². The molecule has 2 heteroatoms. The first kappa shape index (κ1) is 10.2. The molecule has 0 aromatic heterocycles. The van der Waals surface area contributed by atoms with Crippen LogP contribution in [0, 0.1) is 5.92 Å². The first-order chi connectivity index (χ1) is 7.25. The first-order valence-corrected chi connectivity index (χ1v) is 5.50. The highest BCUT2D eigenvalue weighted by molar-refractivity contribution is 5.74. The third-order valence-electron chi connectivity index (χ3n) is 2.90. The van der Waals surface area contributed by atoms with E-state index < -0.39 is 0 Å². The number of esters is 1. The number of rotatable bonds is 3. The van der Waals surface area contributed by atoms with Crippen LogP contribution in [-0.2, 0) is 16.0 Å². The van der Waals surface area contributed by atoms with Gasteiger partial charge in [-0.25, -0.2) is 0 Å². The van der Waals surface area contributed by atoms with Gasteiger partial charge < -0.3 is 4.74 Å². The standard InChI is InChI=1S/C13H16O2/c1-10-9-12(15-13(10)14)8-7-11-5-3-2-4-6-11/h2-6,10,12H,7-9H2,1H3/t10?,12-/m0/s1. The minimum absolute atomic E-state index is 0.0342. The minimum atomic E-state index is -0.0342. The van der Waals surface area contributed by atoms with Gasteiger partial charge >= 0.3 is 5.97 Å². The monoisotopic (exact) mass is 204 g/mol. The SMILES string of the molecule is CC1C[C@H](CCc2ccccc2)OC1=O. The Kier molecular flexibility index (Phi) is 3.05. The first-order valence-electron chi connectivity index (χ1n) is 5.50. The lowest BCUT2D eigenvalue weighted by Crippen LogP contribution is -2.07. The van der Waals surface area contributed by atoms with Crippen LogP contribution in [0.1, 0.15) is 25.3 Å². The van der Waals surface area contributed by atoms with E-state index in [0.29, 0.717) is 0 Å². The molecule has 0 saturated carbocycles. The normalized spacial score (nSPS) is 25.3. The van der Waals surface area contributed by atoms with Gasteiger partial charge in [0.05, 0.1) is 5.92 Å². The molecular weight excluding hydrogens is 188 g/mol. The Bertz CT molecular complexity index is 332. The summed E-state index contributed by atoms with van der Waals surface area (Å²) in [7, 11) is 0. The molecule has 1 saturated heterocycles. The predicted molar refractivity (Wildman–Crippen MR) is 58.4 cm³/mol. The van der Waals surface area contributed by atoms with E-state index in [1.807, 2.05) is 25.1 Å². The largest absolute Gasteiger partial charge is 0.462 e. The quantitative estimate of drug-likeness (QED) is 0.707. The molecule has 0 aliphatic carbocycles. The van der Waals surface area contributed by atoms with Gasteiger partial charge in [-0.3, -0.25) is 4.79 Å². The molecule has 1 aliphatic rings. The zero-order chi connectivity index (χ0) is 10.7. The van der Waals surface area contributed by atoms with Crippen molar-refractivity contribution in [3.8, 4) is 0 Å². The summed E-state index contributed by atoms with van der Waals surface area (Å²) in [4.78, 5) is 11.2. The van der Waals surface area contributed by atoms with Crippen LogP contribution in [0.3, 0.4) is 0 Å². The van der Waals surface area contributed by atoms with Crippen molar-refractivity contribution in [1.29, 1.82) is 0 Å². The van der Waals surface area contributed by atoms with Gasteiger partial charge in [0.25, 0.3) is 0 Å². The van der Waals surface area contributed by atoms with Crippen LogP contribution < -0.4 is 0 Å². The third-order valence-corrected chi connectivity index (χ3v) is 2.90. The lowest BCUT2D eigenvalue weighted by atomic mass is 10.0. The van der Waals surface area contributed by atoms with E-state index >= 15 is 0 Å². The van der Waals surface area contributed by atoms with Crippen LogP contribution in [0.4, 0.5) is 0 Å². The number of carbonyl (C=O) groups is 1. The molecule has 0 spiro atoms. The Labute approximate surface area is 90.3 Å². The van der Waals surface area contributed by atoms with Gasteiger partial charge in [-0.1, -0.05) is 37.3 Å². The molecule has 0 N–H and O–H groups in total. The molecule has 1 unspecified atom stereocenters. The highest BCUT2D eigenvalue weighted by atomic mass is 16.5. The van der Waals surface area contributed by atoms with E-state index in [2.05, 4.69) is 12.1 Å². The summed E-state index contributed by atoms with van der Waals surface area (Å²) >= 11 is 0. The molecule has 2 atom stereocenters. The Balaban J connectivity index is 1.82. The summed E-state index contributed by atoms with van der Waals surface area (Å²) in [5.41, 5.74) is 1.31. The van der Waals surface area contributed by atoms with E-state index in [4.69, 9.17) is 4.74 Å². The fourth-order valence-corrected chi connectivity index (χ4v) is 1.97. The van der Waals surface area contributed by atoms with Gasteiger partial charge in [-0.2, -0.15) is 0 Å². The van der Waals surface area contributed by atoms with Crippen molar-refractivity contribution in [2.75, 3.05) is 0 Å². The molecule has 1 heterocycles. The van der Waals surface area contributed by atoms with Crippen molar-refractivity contribution in [3.63, 3.8) is 0 Å². The second-order valence-electron chi connectivity index (χ2n) is 4.22. The van der Waals surface area contributed by atoms with Crippen molar-refractivity contribution >= 4 is 5.97 Å². The molecule has 1 aromatic rings. The zero-order valence-electron chi connectivity index (χ0n) is 8.98. The van der Waals surface area contributed by atoms with Crippen LogP contribution in [0.15, 0.2) is 30.3 Å².